The lowest BCUT2D eigenvalue weighted by Crippen LogP contribution is -2.13. The molecule has 1 aromatic heterocycles. The molecule has 1 heterocycles. The number of carboxylic acid groups (broad SMARTS) is 1. The van der Waals surface area contributed by atoms with Crippen LogP contribution in [0.1, 0.15) is 62.8 Å². The number of hydrogen-bond acceptors (Lipinski definition) is 3. The van der Waals surface area contributed by atoms with E-state index in [1.807, 2.05) is 6.92 Å². The Kier molecular flexibility index (Phi) is 4.66. The Balaban J connectivity index is 3.01. The van der Waals surface area contributed by atoms with Gasteiger partial charge in [0.2, 0.25) is 0 Å². The summed E-state index contributed by atoms with van der Waals surface area (Å²) in [6, 6.07) is 0.192. The van der Waals surface area contributed by atoms with Crippen molar-refractivity contribution >= 4 is 5.97 Å². The zero-order valence-electron chi connectivity index (χ0n) is 11.0. The van der Waals surface area contributed by atoms with Gasteiger partial charge < -0.3 is 5.11 Å². The van der Waals surface area contributed by atoms with E-state index in [9.17, 15) is 4.79 Å². The summed E-state index contributed by atoms with van der Waals surface area (Å²) in [6.45, 7) is 8.33. The SMILES string of the molecule is CCC(C)n1nnc(C(=O)O)c1CCC(C)C. The van der Waals surface area contributed by atoms with Crippen LogP contribution in [0.2, 0.25) is 0 Å². The van der Waals surface area contributed by atoms with Crippen molar-refractivity contribution in [3.63, 3.8) is 0 Å². The Morgan fingerprint density at radius 1 is 1.41 bits per heavy atom. The summed E-state index contributed by atoms with van der Waals surface area (Å²) in [5.74, 6) is -0.449. The van der Waals surface area contributed by atoms with Gasteiger partial charge >= 0.3 is 5.97 Å². The van der Waals surface area contributed by atoms with E-state index < -0.39 is 5.97 Å². The van der Waals surface area contributed by atoms with Gasteiger partial charge in [0.1, 0.15) is 0 Å². The molecule has 0 aliphatic carbocycles. The largest absolute Gasteiger partial charge is 0.476 e. The smallest absolute Gasteiger partial charge is 0.358 e. The third kappa shape index (κ3) is 3.28. The minimum absolute atomic E-state index is 0.103. The summed E-state index contributed by atoms with van der Waals surface area (Å²) in [6.07, 6.45) is 2.58. The average molecular weight is 239 g/mol. The van der Waals surface area contributed by atoms with Crippen molar-refractivity contribution in [3.05, 3.63) is 11.4 Å². The fourth-order valence-corrected chi connectivity index (χ4v) is 1.66. The number of carbonyl (C=O) groups is 1. The molecule has 0 aromatic carbocycles. The van der Waals surface area contributed by atoms with Gasteiger partial charge in [-0.2, -0.15) is 0 Å². The Bertz CT molecular complexity index is 385. The lowest BCUT2D eigenvalue weighted by atomic mass is 10.0. The van der Waals surface area contributed by atoms with Gasteiger partial charge in [-0.25, -0.2) is 9.48 Å². The molecular weight excluding hydrogens is 218 g/mol. The summed E-state index contributed by atoms with van der Waals surface area (Å²) >= 11 is 0. The third-order valence-corrected chi connectivity index (χ3v) is 2.96. The normalized spacial score (nSPS) is 13.0. The van der Waals surface area contributed by atoms with Crippen molar-refractivity contribution in [2.75, 3.05) is 0 Å². The molecule has 0 fully saturated rings. The molecule has 0 aliphatic rings. The number of aromatic nitrogens is 3. The van der Waals surface area contributed by atoms with Gasteiger partial charge in [-0.05, 0) is 32.1 Å². The monoisotopic (exact) mass is 239 g/mol. The minimum atomic E-state index is -0.988. The molecule has 0 spiro atoms. The molecule has 5 nitrogen and oxygen atoms in total. The van der Waals surface area contributed by atoms with Crippen molar-refractivity contribution in [1.29, 1.82) is 0 Å². The van der Waals surface area contributed by atoms with Crippen LogP contribution in [0.25, 0.3) is 0 Å². The molecule has 1 atom stereocenters. The maximum absolute atomic E-state index is 11.1. The minimum Gasteiger partial charge on any atom is -0.476 e. The highest BCUT2D eigenvalue weighted by Crippen LogP contribution is 2.18. The molecule has 0 amide bonds. The third-order valence-electron chi connectivity index (χ3n) is 2.96. The van der Waals surface area contributed by atoms with Gasteiger partial charge in [0.25, 0.3) is 0 Å². The van der Waals surface area contributed by atoms with Crippen LogP contribution in [0.15, 0.2) is 0 Å². The van der Waals surface area contributed by atoms with E-state index in [2.05, 4.69) is 31.1 Å². The van der Waals surface area contributed by atoms with Gasteiger partial charge in [-0.15, -0.1) is 5.10 Å². The summed E-state index contributed by atoms with van der Waals surface area (Å²) in [5, 5.41) is 16.8. The average Bonchev–Trinajstić information content (AvgIpc) is 2.68. The van der Waals surface area contributed by atoms with E-state index in [1.54, 1.807) is 4.68 Å². The molecule has 1 N–H and O–H groups in total. The molecule has 1 unspecified atom stereocenters. The predicted molar refractivity (Wildman–Crippen MR) is 65.1 cm³/mol. The fraction of sp³-hybridized carbons (Fsp3) is 0.750. The Morgan fingerprint density at radius 2 is 2.06 bits per heavy atom. The molecule has 5 heteroatoms. The Morgan fingerprint density at radius 3 is 2.53 bits per heavy atom. The van der Waals surface area contributed by atoms with Crippen molar-refractivity contribution in [1.82, 2.24) is 15.0 Å². The van der Waals surface area contributed by atoms with Crippen molar-refractivity contribution < 1.29 is 9.90 Å². The summed E-state index contributed by atoms with van der Waals surface area (Å²) in [4.78, 5) is 11.1. The van der Waals surface area contributed by atoms with E-state index in [1.165, 1.54) is 0 Å². The van der Waals surface area contributed by atoms with E-state index >= 15 is 0 Å². The maximum atomic E-state index is 11.1. The van der Waals surface area contributed by atoms with Crippen LogP contribution in [0, 0.1) is 5.92 Å². The van der Waals surface area contributed by atoms with Crippen LogP contribution >= 0.6 is 0 Å². The zero-order chi connectivity index (χ0) is 13.0. The van der Waals surface area contributed by atoms with Crippen LogP contribution in [-0.4, -0.2) is 26.1 Å². The lowest BCUT2D eigenvalue weighted by molar-refractivity contribution is 0.0689. The van der Waals surface area contributed by atoms with Crippen LogP contribution in [-0.2, 0) is 6.42 Å². The standard InChI is InChI=1S/C12H21N3O2/c1-5-9(4)15-10(7-6-8(2)3)11(12(16)17)13-14-15/h8-9H,5-7H2,1-4H3,(H,16,17). The highest BCUT2D eigenvalue weighted by Gasteiger charge is 2.20. The molecule has 0 saturated carbocycles. The lowest BCUT2D eigenvalue weighted by Gasteiger charge is -2.13. The summed E-state index contributed by atoms with van der Waals surface area (Å²) in [7, 11) is 0. The van der Waals surface area contributed by atoms with Gasteiger partial charge in [-0.3, -0.25) is 0 Å². The summed E-state index contributed by atoms with van der Waals surface area (Å²) in [5.41, 5.74) is 0.853. The second kappa shape index (κ2) is 5.80. The van der Waals surface area contributed by atoms with Crippen molar-refractivity contribution in [2.45, 2.75) is 53.0 Å². The van der Waals surface area contributed by atoms with Crippen molar-refractivity contribution in [2.24, 2.45) is 5.92 Å². The van der Waals surface area contributed by atoms with Crippen LogP contribution < -0.4 is 0 Å². The van der Waals surface area contributed by atoms with Gasteiger partial charge in [-0.1, -0.05) is 26.0 Å². The number of aromatic carboxylic acids is 1. The first-order chi connectivity index (χ1) is 7.97. The van der Waals surface area contributed by atoms with E-state index in [0.29, 0.717) is 5.92 Å². The van der Waals surface area contributed by atoms with E-state index in [-0.39, 0.29) is 11.7 Å². The topological polar surface area (TPSA) is 68.0 Å². The first-order valence-electron chi connectivity index (χ1n) is 6.14. The molecule has 0 radical (unpaired) electrons. The molecule has 0 aliphatic heterocycles. The number of rotatable bonds is 6. The molecule has 1 rings (SSSR count). The van der Waals surface area contributed by atoms with E-state index in [4.69, 9.17) is 5.11 Å². The molecular formula is C12H21N3O2. The Hall–Kier alpha value is -1.39. The second-order valence-corrected chi connectivity index (χ2v) is 4.82. The fourth-order valence-electron chi connectivity index (χ4n) is 1.66. The first-order valence-corrected chi connectivity index (χ1v) is 6.14. The van der Waals surface area contributed by atoms with E-state index in [0.717, 1.165) is 25.0 Å². The molecule has 0 bridgehead atoms. The molecule has 0 saturated heterocycles. The summed E-state index contributed by atoms with van der Waals surface area (Å²) < 4.78 is 1.76. The molecule has 96 valence electrons. The zero-order valence-corrected chi connectivity index (χ0v) is 11.0. The highest BCUT2D eigenvalue weighted by molar-refractivity contribution is 5.86. The number of hydrogen-bond donors (Lipinski definition) is 1. The van der Waals surface area contributed by atoms with Crippen LogP contribution in [0.5, 0.6) is 0 Å². The van der Waals surface area contributed by atoms with Gasteiger partial charge in [0.05, 0.1) is 11.7 Å². The van der Waals surface area contributed by atoms with Crippen LogP contribution in [0.4, 0.5) is 0 Å². The van der Waals surface area contributed by atoms with Gasteiger partial charge in [0, 0.05) is 0 Å². The molecule has 1 aromatic rings. The maximum Gasteiger partial charge on any atom is 0.358 e. The van der Waals surface area contributed by atoms with Crippen LogP contribution in [0.3, 0.4) is 0 Å². The quantitative estimate of drug-likeness (QED) is 0.828. The predicted octanol–water partition coefficient (Wildman–Crippen LogP) is 2.54. The molecule has 17 heavy (non-hydrogen) atoms. The first kappa shape index (κ1) is 13.7. The van der Waals surface area contributed by atoms with Gasteiger partial charge in [0.15, 0.2) is 5.69 Å². The highest BCUT2D eigenvalue weighted by atomic mass is 16.4. The second-order valence-electron chi connectivity index (χ2n) is 4.82. The Labute approximate surface area is 102 Å². The number of nitrogens with zero attached hydrogens (tertiary/aromatic N) is 3. The van der Waals surface area contributed by atoms with Crippen molar-refractivity contribution in [3.8, 4) is 0 Å². The number of carboxylic acids is 1.